The first-order valence-corrected chi connectivity index (χ1v) is 6.23. The number of rotatable bonds is 4. The first kappa shape index (κ1) is 15.7. The van der Waals surface area contributed by atoms with Crippen LogP contribution in [0.15, 0.2) is 47.6 Å². The molecule has 0 aliphatic rings. The van der Waals surface area contributed by atoms with Gasteiger partial charge in [-0.2, -0.15) is 18.3 Å². The van der Waals surface area contributed by atoms with Crippen molar-refractivity contribution in [1.82, 2.24) is 0 Å². The molecule has 0 aromatic heterocycles. The molecule has 4 nitrogen and oxygen atoms in total. The Hall–Kier alpha value is -2.70. The van der Waals surface area contributed by atoms with Gasteiger partial charge >= 0.3 is 6.18 Å². The van der Waals surface area contributed by atoms with Crippen molar-refractivity contribution in [3.05, 3.63) is 53.6 Å². The molecule has 2 aromatic rings. The number of alkyl halides is 3. The lowest BCUT2D eigenvalue weighted by molar-refractivity contribution is -0.137. The van der Waals surface area contributed by atoms with E-state index in [1.165, 1.54) is 31.5 Å². The van der Waals surface area contributed by atoms with Gasteiger partial charge in [-0.1, -0.05) is 6.07 Å². The number of phenols is 1. The van der Waals surface area contributed by atoms with Crippen molar-refractivity contribution in [3.8, 4) is 11.5 Å². The summed E-state index contributed by atoms with van der Waals surface area (Å²) >= 11 is 0. The van der Waals surface area contributed by atoms with Gasteiger partial charge in [0.15, 0.2) is 0 Å². The van der Waals surface area contributed by atoms with Gasteiger partial charge in [0, 0.05) is 11.6 Å². The van der Waals surface area contributed by atoms with Crippen LogP contribution in [0, 0.1) is 0 Å². The van der Waals surface area contributed by atoms with E-state index in [4.69, 9.17) is 4.74 Å². The van der Waals surface area contributed by atoms with E-state index in [1.807, 2.05) is 0 Å². The lowest BCUT2D eigenvalue weighted by Gasteiger charge is -2.08. The van der Waals surface area contributed by atoms with Crippen LogP contribution >= 0.6 is 0 Å². The van der Waals surface area contributed by atoms with Crippen LogP contribution < -0.4 is 10.2 Å². The van der Waals surface area contributed by atoms with Gasteiger partial charge in [0.05, 0.1) is 24.6 Å². The lowest BCUT2D eigenvalue weighted by Crippen LogP contribution is -2.05. The fourth-order valence-electron chi connectivity index (χ4n) is 1.70. The molecule has 116 valence electrons. The lowest BCUT2D eigenvalue weighted by atomic mass is 10.2. The van der Waals surface area contributed by atoms with Gasteiger partial charge in [-0.25, -0.2) is 0 Å². The first-order valence-electron chi connectivity index (χ1n) is 6.23. The summed E-state index contributed by atoms with van der Waals surface area (Å²) in [5.74, 6) is 0.439. The molecule has 0 amide bonds. The topological polar surface area (TPSA) is 53.8 Å². The predicted octanol–water partition coefficient (Wildman–Crippen LogP) is 3.87. The van der Waals surface area contributed by atoms with Crippen LogP contribution in [0.2, 0.25) is 0 Å². The summed E-state index contributed by atoms with van der Waals surface area (Å²) in [5.41, 5.74) is 2.32. The smallest absolute Gasteiger partial charge is 0.416 e. The molecule has 0 fully saturated rings. The summed E-state index contributed by atoms with van der Waals surface area (Å²) in [4.78, 5) is 0. The Balaban J connectivity index is 2.10. The van der Waals surface area contributed by atoms with Crippen molar-refractivity contribution in [1.29, 1.82) is 0 Å². The monoisotopic (exact) mass is 310 g/mol. The van der Waals surface area contributed by atoms with Gasteiger partial charge in [0.2, 0.25) is 0 Å². The van der Waals surface area contributed by atoms with E-state index in [-0.39, 0.29) is 11.4 Å². The zero-order valence-electron chi connectivity index (χ0n) is 11.6. The number of halogens is 3. The van der Waals surface area contributed by atoms with Gasteiger partial charge in [-0.15, -0.1) is 0 Å². The summed E-state index contributed by atoms with van der Waals surface area (Å²) in [6.07, 6.45) is -3.11. The number of phenolic OH excluding ortho intramolecular Hbond substituents is 1. The third-order valence-corrected chi connectivity index (χ3v) is 2.82. The number of methoxy groups -OCH3 is 1. The number of anilines is 1. The second-order valence-corrected chi connectivity index (χ2v) is 4.37. The molecule has 2 N–H and O–H groups in total. The second kappa shape index (κ2) is 6.38. The molecular weight excluding hydrogens is 297 g/mol. The molecule has 0 aliphatic carbocycles. The van der Waals surface area contributed by atoms with Crippen molar-refractivity contribution >= 4 is 11.9 Å². The van der Waals surface area contributed by atoms with Crippen molar-refractivity contribution in [2.24, 2.45) is 5.10 Å². The maximum Gasteiger partial charge on any atom is 0.416 e. The van der Waals surface area contributed by atoms with Crippen LogP contribution in [0.5, 0.6) is 11.5 Å². The quantitative estimate of drug-likeness (QED) is 0.666. The molecule has 7 heteroatoms. The number of nitrogens with zero attached hydrogens (tertiary/aromatic N) is 1. The number of hydrogen-bond acceptors (Lipinski definition) is 4. The molecule has 22 heavy (non-hydrogen) atoms. The van der Waals surface area contributed by atoms with Crippen LogP contribution in [-0.4, -0.2) is 18.4 Å². The zero-order valence-corrected chi connectivity index (χ0v) is 11.6. The molecular formula is C15H13F3N2O2. The average Bonchev–Trinajstić information content (AvgIpc) is 2.48. The molecule has 0 spiro atoms. The van der Waals surface area contributed by atoms with E-state index in [1.54, 1.807) is 12.1 Å². The standard InChI is InChI=1S/C15H13F3N2O2/c1-22-13-6-5-10(14(21)8-13)9-19-20-12-4-2-3-11(7-12)15(16,17)18/h2-9,20-21H,1H3/b19-9+. The minimum absolute atomic E-state index is 0.0473. The minimum Gasteiger partial charge on any atom is -0.507 e. The molecule has 0 saturated heterocycles. The Morgan fingerprint density at radius 1 is 1.18 bits per heavy atom. The summed E-state index contributed by atoms with van der Waals surface area (Å²) in [6.45, 7) is 0. The van der Waals surface area contributed by atoms with Gasteiger partial charge in [0.25, 0.3) is 0 Å². The Morgan fingerprint density at radius 2 is 1.95 bits per heavy atom. The predicted molar refractivity (Wildman–Crippen MR) is 77.3 cm³/mol. The summed E-state index contributed by atoms with van der Waals surface area (Å²) < 4.78 is 42.6. The number of nitrogens with one attached hydrogen (secondary N) is 1. The maximum absolute atomic E-state index is 12.6. The SMILES string of the molecule is COc1ccc(/C=N/Nc2cccc(C(F)(F)F)c2)c(O)c1. The highest BCUT2D eigenvalue weighted by atomic mass is 19.4. The molecule has 0 saturated carbocycles. The fraction of sp³-hybridized carbons (Fsp3) is 0.133. The fourth-order valence-corrected chi connectivity index (χ4v) is 1.70. The number of aromatic hydroxyl groups is 1. The minimum atomic E-state index is -4.41. The third kappa shape index (κ3) is 3.91. The van der Waals surface area contributed by atoms with Crippen molar-refractivity contribution in [2.45, 2.75) is 6.18 Å². The highest BCUT2D eigenvalue weighted by Gasteiger charge is 2.30. The Morgan fingerprint density at radius 3 is 2.59 bits per heavy atom. The van der Waals surface area contributed by atoms with Crippen LogP contribution in [-0.2, 0) is 6.18 Å². The second-order valence-electron chi connectivity index (χ2n) is 4.37. The molecule has 2 aromatic carbocycles. The largest absolute Gasteiger partial charge is 0.507 e. The number of ether oxygens (including phenoxy) is 1. The summed E-state index contributed by atoms with van der Waals surface area (Å²) in [7, 11) is 1.47. The van der Waals surface area contributed by atoms with E-state index in [0.29, 0.717) is 11.3 Å². The van der Waals surface area contributed by atoms with Gasteiger partial charge in [-0.3, -0.25) is 5.43 Å². The highest BCUT2D eigenvalue weighted by molar-refractivity contribution is 5.84. The maximum atomic E-state index is 12.6. The van der Waals surface area contributed by atoms with Gasteiger partial charge in [-0.05, 0) is 30.3 Å². The highest BCUT2D eigenvalue weighted by Crippen LogP contribution is 2.30. The molecule has 0 bridgehead atoms. The van der Waals surface area contributed by atoms with Crippen LogP contribution in [0.1, 0.15) is 11.1 Å². The third-order valence-electron chi connectivity index (χ3n) is 2.82. The van der Waals surface area contributed by atoms with Crippen molar-refractivity contribution in [2.75, 3.05) is 12.5 Å². The van der Waals surface area contributed by atoms with E-state index in [2.05, 4.69) is 10.5 Å². The van der Waals surface area contributed by atoms with E-state index < -0.39 is 11.7 Å². The van der Waals surface area contributed by atoms with Crippen LogP contribution in [0.25, 0.3) is 0 Å². The van der Waals surface area contributed by atoms with E-state index in [9.17, 15) is 18.3 Å². The first-order chi connectivity index (χ1) is 10.4. The van der Waals surface area contributed by atoms with Crippen molar-refractivity contribution in [3.63, 3.8) is 0 Å². The zero-order chi connectivity index (χ0) is 16.2. The summed E-state index contributed by atoms with van der Waals surface area (Å²) in [6, 6.07) is 9.28. The van der Waals surface area contributed by atoms with Crippen LogP contribution in [0.3, 0.4) is 0 Å². The molecule has 0 atom stereocenters. The van der Waals surface area contributed by atoms with Gasteiger partial charge < -0.3 is 9.84 Å². The van der Waals surface area contributed by atoms with E-state index >= 15 is 0 Å². The normalized spacial score (nSPS) is 11.6. The number of hydrogen-bond donors (Lipinski definition) is 2. The number of hydrazone groups is 1. The molecule has 0 aliphatic heterocycles. The summed E-state index contributed by atoms with van der Waals surface area (Å²) in [5, 5.41) is 13.5. The van der Waals surface area contributed by atoms with Crippen LogP contribution in [0.4, 0.5) is 18.9 Å². The molecule has 0 radical (unpaired) electrons. The van der Waals surface area contributed by atoms with Crippen molar-refractivity contribution < 1.29 is 23.0 Å². The van der Waals surface area contributed by atoms with E-state index in [0.717, 1.165) is 12.1 Å². The Kier molecular flexibility index (Phi) is 4.55. The Bertz CT molecular complexity index is 685. The molecule has 0 unspecified atom stereocenters. The number of benzene rings is 2. The molecule has 0 heterocycles. The van der Waals surface area contributed by atoms with Gasteiger partial charge in [0.1, 0.15) is 11.5 Å². The average molecular weight is 310 g/mol. The molecule has 2 rings (SSSR count). The Labute approximate surface area is 124 Å².